The summed E-state index contributed by atoms with van der Waals surface area (Å²) in [5, 5.41) is 19.0. The second-order valence-electron chi connectivity index (χ2n) is 11.8. The Balaban J connectivity index is 1.50. The molecule has 0 aliphatic carbocycles. The molecule has 3 aromatic heterocycles. The number of benzene rings is 1. The quantitative estimate of drug-likeness (QED) is 0.252. The molecule has 2 N–H and O–H groups in total. The Labute approximate surface area is 241 Å². The summed E-state index contributed by atoms with van der Waals surface area (Å²) in [4.78, 5) is 9.27. The predicted molar refractivity (Wildman–Crippen MR) is 159 cm³/mol. The molecule has 0 bridgehead atoms. The molecule has 5 rings (SSSR count). The van der Waals surface area contributed by atoms with Gasteiger partial charge in [0.05, 0.1) is 38.0 Å². The summed E-state index contributed by atoms with van der Waals surface area (Å²) in [6, 6.07) is 7.60. The minimum absolute atomic E-state index is 0.0405. The van der Waals surface area contributed by atoms with E-state index in [1.165, 1.54) is 0 Å². The first kappa shape index (κ1) is 29.1. The number of methoxy groups -OCH3 is 2. The van der Waals surface area contributed by atoms with Gasteiger partial charge in [-0.1, -0.05) is 20.8 Å². The van der Waals surface area contributed by atoms with Crippen LogP contribution in [0, 0.1) is 0 Å². The van der Waals surface area contributed by atoms with Crippen molar-refractivity contribution in [3.8, 4) is 17.2 Å². The number of nitrogens with zero attached hydrogens (tertiary/aromatic N) is 5. The van der Waals surface area contributed by atoms with E-state index in [0.717, 1.165) is 22.4 Å². The van der Waals surface area contributed by atoms with Crippen LogP contribution in [0.3, 0.4) is 0 Å². The summed E-state index contributed by atoms with van der Waals surface area (Å²) in [6.45, 7) is 11.4. The zero-order valence-corrected chi connectivity index (χ0v) is 25.8. The van der Waals surface area contributed by atoms with Gasteiger partial charge in [0.25, 0.3) is 0 Å². The number of ether oxygens (including phenoxy) is 3. The van der Waals surface area contributed by atoms with Crippen molar-refractivity contribution in [2.75, 3.05) is 26.1 Å². The van der Waals surface area contributed by atoms with Crippen molar-refractivity contribution in [2.24, 2.45) is 0 Å². The van der Waals surface area contributed by atoms with Gasteiger partial charge in [-0.25, -0.2) is 14.6 Å². The number of aliphatic hydroxyl groups is 1. The monoisotopic (exact) mass is 580 g/mol. The van der Waals surface area contributed by atoms with E-state index < -0.39 is 14.4 Å². The van der Waals surface area contributed by atoms with Gasteiger partial charge < -0.3 is 33.6 Å². The molecular weight excluding hydrogens is 540 g/mol. The average molecular weight is 581 g/mol. The highest BCUT2D eigenvalue weighted by atomic mass is 28.4. The van der Waals surface area contributed by atoms with E-state index >= 15 is 0 Å². The summed E-state index contributed by atoms with van der Waals surface area (Å²) in [5.74, 6) is 2.10. The Hall–Kier alpha value is -3.45. The molecule has 4 heterocycles. The lowest BCUT2D eigenvalue weighted by atomic mass is 10.2. The number of aromatic nitrogens is 5. The average Bonchev–Trinajstić information content (AvgIpc) is 3.69. The highest BCUT2D eigenvalue weighted by molar-refractivity contribution is 6.74. The molecule has 0 saturated carbocycles. The second kappa shape index (κ2) is 11.4. The SMILES string of the molecule is COc1ccc(CNc2ncnc3c2c(-n2cccn2)cn3[C@H]2CC(O[Si](C)(C)C(C)(C)C)[C@@H](CO)O2)c(OC)c1. The van der Waals surface area contributed by atoms with Crippen LogP contribution in [0.4, 0.5) is 5.82 Å². The third kappa shape index (κ3) is 5.69. The van der Waals surface area contributed by atoms with Gasteiger partial charge >= 0.3 is 0 Å². The van der Waals surface area contributed by atoms with Gasteiger partial charge in [-0.2, -0.15) is 5.10 Å². The van der Waals surface area contributed by atoms with Gasteiger partial charge in [-0.3, -0.25) is 0 Å². The topological polar surface area (TPSA) is 118 Å². The molecule has 1 saturated heterocycles. The van der Waals surface area contributed by atoms with Crippen LogP contribution in [0.15, 0.2) is 49.2 Å². The van der Waals surface area contributed by atoms with Crippen LogP contribution in [0.25, 0.3) is 16.7 Å². The molecule has 0 spiro atoms. The molecule has 3 atom stereocenters. The van der Waals surface area contributed by atoms with Crippen molar-refractivity contribution in [3.63, 3.8) is 0 Å². The molecular formula is C29H40N6O5Si. The molecule has 4 aromatic rings. The third-order valence-corrected chi connectivity index (χ3v) is 12.7. The van der Waals surface area contributed by atoms with Crippen molar-refractivity contribution >= 4 is 25.2 Å². The number of hydrogen-bond donors (Lipinski definition) is 2. The number of nitrogens with one attached hydrogen (secondary N) is 1. The van der Waals surface area contributed by atoms with E-state index in [1.54, 1.807) is 31.4 Å². The number of aliphatic hydroxyl groups excluding tert-OH is 1. The summed E-state index contributed by atoms with van der Waals surface area (Å²) >= 11 is 0. The lowest BCUT2D eigenvalue weighted by Crippen LogP contribution is -2.46. The van der Waals surface area contributed by atoms with Gasteiger partial charge in [0.15, 0.2) is 8.32 Å². The maximum absolute atomic E-state index is 10.2. The van der Waals surface area contributed by atoms with E-state index in [1.807, 2.05) is 41.2 Å². The molecule has 0 radical (unpaired) electrons. The van der Waals surface area contributed by atoms with Crippen molar-refractivity contribution in [2.45, 2.75) is 70.3 Å². The Kier molecular flexibility index (Phi) is 8.10. The van der Waals surface area contributed by atoms with Gasteiger partial charge in [-0.15, -0.1) is 0 Å². The summed E-state index contributed by atoms with van der Waals surface area (Å²) in [6.07, 6.45) is 6.71. The van der Waals surface area contributed by atoms with E-state index in [4.69, 9.17) is 18.6 Å². The fraction of sp³-hybridized carbons (Fsp3) is 0.483. The van der Waals surface area contributed by atoms with Crippen LogP contribution in [0.5, 0.6) is 11.5 Å². The number of fused-ring (bicyclic) bond motifs is 1. The second-order valence-corrected chi connectivity index (χ2v) is 16.5. The van der Waals surface area contributed by atoms with Crippen molar-refractivity contribution in [3.05, 3.63) is 54.7 Å². The lowest BCUT2D eigenvalue weighted by molar-refractivity contribution is -0.0408. The maximum Gasteiger partial charge on any atom is 0.192 e. The van der Waals surface area contributed by atoms with Gasteiger partial charge in [0.1, 0.15) is 41.6 Å². The lowest BCUT2D eigenvalue weighted by Gasteiger charge is -2.39. The van der Waals surface area contributed by atoms with Crippen molar-refractivity contribution in [1.29, 1.82) is 0 Å². The molecule has 1 unspecified atom stereocenters. The standard InChI is InChI=1S/C29H40N6O5Si/c1-29(2,3)41(6,7)40-23-14-25(39-24(23)17-36)34-16-21(35-12-8-11-33-35)26-27(31-18-32-28(26)34)30-15-19-9-10-20(37-4)13-22(19)38-5/h8-13,16,18,23-25,36H,14-15,17H2,1-7H3,(H,30,31,32)/t23?,24-,25-/m1/s1. The molecule has 11 nitrogen and oxygen atoms in total. The highest BCUT2D eigenvalue weighted by Crippen LogP contribution is 2.42. The van der Waals surface area contributed by atoms with Crippen LogP contribution in [0.2, 0.25) is 18.1 Å². The Morgan fingerprint density at radius 2 is 1.98 bits per heavy atom. The zero-order chi connectivity index (χ0) is 29.4. The summed E-state index contributed by atoms with van der Waals surface area (Å²) in [5.41, 5.74) is 2.47. The molecule has 1 aliphatic heterocycles. The first-order valence-corrected chi connectivity index (χ1v) is 16.7. The minimum Gasteiger partial charge on any atom is -0.497 e. The van der Waals surface area contributed by atoms with Gasteiger partial charge in [0, 0.05) is 43.2 Å². The van der Waals surface area contributed by atoms with E-state index in [0.29, 0.717) is 30.2 Å². The highest BCUT2D eigenvalue weighted by Gasteiger charge is 2.45. The smallest absolute Gasteiger partial charge is 0.192 e. The molecule has 220 valence electrons. The number of hydrogen-bond acceptors (Lipinski definition) is 9. The van der Waals surface area contributed by atoms with Crippen molar-refractivity contribution in [1.82, 2.24) is 24.3 Å². The van der Waals surface area contributed by atoms with Crippen LogP contribution in [0.1, 0.15) is 39.0 Å². The first-order chi connectivity index (χ1) is 19.6. The van der Waals surface area contributed by atoms with Crippen LogP contribution in [-0.4, -0.2) is 70.8 Å². The molecule has 1 aliphatic rings. The van der Waals surface area contributed by atoms with Crippen LogP contribution in [-0.2, 0) is 15.7 Å². The zero-order valence-electron chi connectivity index (χ0n) is 24.8. The Bertz CT molecular complexity index is 1480. The molecule has 0 amide bonds. The van der Waals surface area contributed by atoms with E-state index in [9.17, 15) is 5.11 Å². The van der Waals surface area contributed by atoms with E-state index in [2.05, 4.69) is 54.2 Å². The Morgan fingerprint density at radius 1 is 1.17 bits per heavy atom. The number of rotatable bonds is 10. The van der Waals surface area contributed by atoms with Gasteiger partial charge in [0.2, 0.25) is 0 Å². The summed E-state index contributed by atoms with van der Waals surface area (Å²) in [7, 11) is 1.18. The van der Waals surface area contributed by atoms with E-state index in [-0.39, 0.29) is 24.0 Å². The first-order valence-electron chi connectivity index (χ1n) is 13.8. The van der Waals surface area contributed by atoms with Gasteiger partial charge in [-0.05, 0) is 36.3 Å². The largest absolute Gasteiger partial charge is 0.497 e. The molecule has 1 aromatic carbocycles. The maximum atomic E-state index is 10.2. The molecule has 41 heavy (non-hydrogen) atoms. The fourth-order valence-electron chi connectivity index (χ4n) is 4.90. The third-order valence-electron chi connectivity index (χ3n) is 8.20. The molecule has 1 fully saturated rings. The predicted octanol–water partition coefficient (Wildman–Crippen LogP) is 4.92. The number of anilines is 1. The van der Waals surface area contributed by atoms with Crippen LogP contribution >= 0.6 is 0 Å². The van der Waals surface area contributed by atoms with Crippen LogP contribution < -0.4 is 14.8 Å². The minimum atomic E-state index is -2.08. The molecule has 12 heteroatoms. The van der Waals surface area contributed by atoms with Crippen molar-refractivity contribution < 1.29 is 23.7 Å². The normalized spacial score (nSPS) is 19.6. The Morgan fingerprint density at radius 3 is 2.63 bits per heavy atom. The fourth-order valence-corrected chi connectivity index (χ4v) is 6.25. The summed E-state index contributed by atoms with van der Waals surface area (Å²) < 4.78 is 27.8.